The molecule has 0 bridgehead atoms. The first kappa shape index (κ1) is 17.9. The van der Waals surface area contributed by atoms with Crippen molar-refractivity contribution in [1.82, 2.24) is 5.32 Å². The molecule has 0 aliphatic heterocycles. The zero-order chi connectivity index (χ0) is 18.4. The van der Waals surface area contributed by atoms with Crippen LogP contribution in [0.25, 0.3) is 0 Å². The minimum atomic E-state index is -0.267. The summed E-state index contributed by atoms with van der Waals surface area (Å²) < 4.78 is 0. The third-order valence-corrected chi connectivity index (χ3v) is 4.30. The Morgan fingerprint density at radius 1 is 0.731 bits per heavy atom. The van der Waals surface area contributed by atoms with Crippen molar-refractivity contribution in [1.29, 1.82) is 0 Å². The summed E-state index contributed by atoms with van der Waals surface area (Å²) in [5.74, 6) is -0.342. The SMILES string of the molecule is O=C(Cc1ccccc1)c1ccccc1C(=O)NCc1ccc(Cl)cc1. The molecule has 3 rings (SSSR count). The number of hydrogen-bond acceptors (Lipinski definition) is 2. The van der Waals surface area contributed by atoms with Gasteiger partial charge in [0.2, 0.25) is 0 Å². The van der Waals surface area contributed by atoms with Crippen LogP contribution in [0.15, 0.2) is 78.9 Å². The minimum Gasteiger partial charge on any atom is -0.348 e. The molecule has 26 heavy (non-hydrogen) atoms. The number of amides is 1. The van der Waals surface area contributed by atoms with Gasteiger partial charge in [0.1, 0.15) is 0 Å². The summed E-state index contributed by atoms with van der Waals surface area (Å²) >= 11 is 5.87. The maximum Gasteiger partial charge on any atom is 0.252 e. The fourth-order valence-corrected chi connectivity index (χ4v) is 2.81. The van der Waals surface area contributed by atoms with E-state index in [0.29, 0.717) is 22.7 Å². The van der Waals surface area contributed by atoms with Crippen LogP contribution in [0.4, 0.5) is 0 Å². The number of carbonyl (C=O) groups is 2. The third-order valence-electron chi connectivity index (χ3n) is 4.05. The first-order valence-electron chi connectivity index (χ1n) is 8.32. The van der Waals surface area contributed by atoms with E-state index in [1.165, 1.54) is 0 Å². The van der Waals surface area contributed by atoms with Gasteiger partial charge >= 0.3 is 0 Å². The van der Waals surface area contributed by atoms with Crippen LogP contribution in [0.5, 0.6) is 0 Å². The molecule has 3 aromatic rings. The molecule has 3 aromatic carbocycles. The average molecular weight is 364 g/mol. The Labute approximate surface area is 157 Å². The van der Waals surface area contributed by atoms with Gasteiger partial charge in [-0.05, 0) is 29.3 Å². The van der Waals surface area contributed by atoms with Crippen molar-refractivity contribution in [2.75, 3.05) is 0 Å². The summed E-state index contributed by atoms with van der Waals surface area (Å²) in [6, 6.07) is 23.7. The van der Waals surface area contributed by atoms with E-state index >= 15 is 0 Å². The maximum atomic E-state index is 12.7. The fourth-order valence-electron chi connectivity index (χ4n) is 2.68. The van der Waals surface area contributed by atoms with Crippen LogP contribution in [0.3, 0.4) is 0 Å². The maximum absolute atomic E-state index is 12.7. The molecular formula is C22H18ClNO2. The monoisotopic (exact) mass is 363 g/mol. The zero-order valence-electron chi connectivity index (χ0n) is 14.1. The summed E-state index contributed by atoms with van der Waals surface area (Å²) in [4.78, 5) is 25.2. The molecule has 1 amide bonds. The van der Waals surface area contributed by atoms with Crippen molar-refractivity contribution in [2.24, 2.45) is 0 Å². The van der Waals surface area contributed by atoms with Crippen LogP contribution < -0.4 is 5.32 Å². The van der Waals surface area contributed by atoms with Crippen molar-refractivity contribution >= 4 is 23.3 Å². The average Bonchev–Trinajstić information content (AvgIpc) is 2.68. The molecule has 0 aliphatic carbocycles. The number of carbonyl (C=O) groups excluding carboxylic acids is 2. The van der Waals surface area contributed by atoms with Crippen LogP contribution in [-0.4, -0.2) is 11.7 Å². The molecule has 0 unspecified atom stereocenters. The highest BCUT2D eigenvalue weighted by molar-refractivity contribution is 6.30. The molecule has 0 fully saturated rings. The number of rotatable bonds is 6. The number of halogens is 1. The predicted molar refractivity (Wildman–Crippen MR) is 104 cm³/mol. The second-order valence-corrected chi connectivity index (χ2v) is 6.38. The van der Waals surface area contributed by atoms with Crippen LogP contribution in [-0.2, 0) is 13.0 Å². The summed E-state index contributed by atoms with van der Waals surface area (Å²) in [6.07, 6.45) is 0.266. The molecule has 3 nitrogen and oxygen atoms in total. The molecule has 130 valence electrons. The van der Waals surface area contributed by atoms with Crippen molar-refractivity contribution in [3.8, 4) is 0 Å². The van der Waals surface area contributed by atoms with Crippen molar-refractivity contribution in [3.63, 3.8) is 0 Å². The molecule has 4 heteroatoms. The Balaban J connectivity index is 1.72. The molecule has 0 aromatic heterocycles. The van der Waals surface area contributed by atoms with Gasteiger partial charge in [-0.15, -0.1) is 0 Å². The van der Waals surface area contributed by atoms with Crippen molar-refractivity contribution < 1.29 is 9.59 Å². The van der Waals surface area contributed by atoms with E-state index in [-0.39, 0.29) is 18.1 Å². The first-order valence-corrected chi connectivity index (χ1v) is 8.70. The summed E-state index contributed by atoms with van der Waals surface area (Å²) in [6.45, 7) is 0.372. The van der Waals surface area contributed by atoms with E-state index in [1.807, 2.05) is 42.5 Å². The molecule has 0 radical (unpaired) electrons. The molecule has 0 heterocycles. The van der Waals surface area contributed by atoms with E-state index < -0.39 is 0 Å². The number of benzene rings is 3. The lowest BCUT2D eigenvalue weighted by Gasteiger charge is -2.10. The van der Waals surface area contributed by atoms with Gasteiger partial charge in [-0.1, -0.05) is 72.3 Å². The molecule has 0 atom stereocenters. The molecule has 0 aliphatic rings. The highest BCUT2D eigenvalue weighted by Gasteiger charge is 2.16. The predicted octanol–water partition coefficient (Wildman–Crippen LogP) is 4.70. The Hall–Kier alpha value is -2.91. The van der Waals surface area contributed by atoms with Gasteiger partial charge in [-0.2, -0.15) is 0 Å². The Kier molecular flexibility index (Phi) is 5.82. The Morgan fingerprint density at radius 2 is 1.35 bits per heavy atom. The van der Waals surface area contributed by atoms with Gasteiger partial charge in [-0.25, -0.2) is 0 Å². The van der Waals surface area contributed by atoms with Gasteiger partial charge in [-0.3, -0.25) is 9.59 Å². The zero-order valence-corrected chi connectivity index (χ0v) is 14.9. The molecule has 0 saturated heterocycles. The van der Waals surface area contributed by atoms with Gasteiger partial charge in [0.25, 0.3) is 5.91 Å². The second kappa shape index (κ2) is 8.45. The first-order chi connectivity index (χ1) is 12.6. The summed E-state index contributed by atoms with van der Waals surface area (Å²) in [5.41, 5.74) is 2.69. The molecule has 0 spiro atoms. The molecule has 0 saturated carbocycles. The van der Waals surface area contributed by atoms with Crippen molar-refractivity contribution in [2.45, 2.75) is 13.0 Å². The van der Waals surface area contributed by atoms with Crippen LogP contribution in [0.2, 0.25) is 5.02 Å². The highest BCUT2D eigenvalue weighted by Crippen LogP contribution is 2.14. The Bertz CT molecular complexity index is 905. The molecular weight excluding hydrogens is 346 g/mol. The van der Waals surface area contributed by atoms with Crippen molar-refractivity contribution in [3.05, 3.63) is 106 Å². The quantitative estimate of drug-likeness (QED) is 0.645. The van der Waals surface area contributed by atoms with Crippen LogP contribution in [0, 0.1) is 0 Å². The van der Waals surface area contributed by atoms with Gasteiger partial charge in [0.05, 0.1) is 5.56 Å². The van der Waals surface area contributed by atoms with Gasteiger partial charge < -0.3 is 5.32 Å². The minimum absolute atomic E-state index is 0.0755. The van der Waals surface area contributed by atoms with Gasteiger partial charge in [0.15, 0.2) is 5.78 Å². The second-order valence-electron chi connectivity index (χ2n) is 5.94. The van der Waals surface area contributed by atoms with E-state index in [4.69, 9.17) is 11.6 Å². The number of hydrogen-bond donors (Lipinski definition) is 1. The van der Waals surface area contributed by atoms with E-state index in [1.54, 1.807) is 36.4 Å². The van der Waals surface area contributed by atoms with E-state index in [9.17, 15) is 9.59 Å². The normalized spacial score (nSPS) is 10.3. The van der Waals surface area contributed by atoms with E-state index in [2.05, 4.69) is 5.32 Å². The van der Waals surface area contributed by atoms with Gasteiger partial charge in [0, 0.05) is 23.6 Å². The highest BCUT2D eigenvalue weighted by atomic mass is 35.5. The molecule has 1 N–H and O–H groups in total. The summed E-state index contributed by atoms with van der Waals surface area (Å²) in [5, 5.41) is 3.51. The topological polar surface area (TPSA) is 46.2 Å². The van der Waals surface area contributed by atoms with Crippen LogP contribution in [0.1, 0.15) is 31.8 Å². The lowest BCUT2D eigenvalue weighted by Crippen LogP contribution is -2.25. The number of nitrogens with one attached hydrogen (secondary N) is 1. The lowest BCUT2D eigenvalue weighted by atomic mass is 9.98. The number of Topliss-reactive ketones (excluding diaryl/α,β-unsaturated/α-hetero) is 1. The smallest absolute Gasteiger partial charge is 0.252 e. The van der Waals surface area contributed by atoms with E-state index in [0.717, 1.165) is 11.1 Å². The lowest BCUT2D eigenvalue weighted by molar-refractivity contribution is 0.0932. The third kappa shape index (κ3) is 4.58. The standard InChI is InChI=1S/C22H18ClNO2/c23-18-12-10-17(11-13-18)15-24-22(26)20-9-5-4-8-19(20)21(25)14-16-6-2-1-3-7-16/h1-13H,14-15H2,(H,24,26). The summed E-state index contributed by atoms with van der Waals surface area (Å²) in [7, 11) is 0. The fraction of sp³-hybridized carbons (Fsp3) is 0.0909. The van der Waals surface area contributed by atoms with Crippen LogP contribution >= 0.6 is 11.6 Å². The largest absolute Gasteiger partial charge is 0.348 e. The number of ketones is 1. The Morgan fingerprint density at radius 3 is 2.04 bits per heavy atom.